The first-order valence-electron chi connectivity index (χ1n) is 7.50. The van der Waals surface area contributed by atoms with Gasteiger partial charge in [0.1, 0.15) is 5.82 Å². The Bertz CT molecular complexity index is 558. The summed E-state index contributed by atoms with van der Waals surface area (Å²) in [6.45, 7) is 5.32. The molecule has 4 nitrogen and oxygen atoms in total. The average molecular weight is 275 g/mol. The Balaban J connectivity index is 2.13. The van der Waals surface area contributed by atoms with Crippen molar-refractivity contribution in [3.8, 4) is 0 Å². The molecule has 0 spiro atoms. The van der Waals surface area contributed by atoms with Crippen molar-refractivity contribution in [3.05, 3.63) is 30.1 Å². The van der Waals surface area contributed by atoms with Crippen LogP contribution in [0, 0.1) is 0 Å². The second kappa shape index (κ2) is 6.37. The highest BCUT2D eigenvalue weighted by Crippen LogP contribution is 2.20. The number of nitrogens with zero attached hydrogens (tertiary/aromatic N) is 2. The van der Waals surface area contributed by atoms with Crippen LogP contribution in [-0.2, 0) is 13.0 Å². The fraction of sp³-hybridized carbons (Fsp3) is 0.562. The van der Waals surface area contributed by atoms with E-state index in [1.165, 1.54) is 5.52 Å². The molecule has 2 aromatic rings. The van der Waals surface area contributed by atoms with Gasteiger partial charge in [0.05, 0.1) is 16.6 Å². The topological polar surface area (TPSA) is 64.1 Å². The molecule has 0 amide bonds. The van der Waals surface area contributed by atoms with E-state index >= 15 is 0 Å². The maximum atomic E-state index is 10.2. The standard InChI is InChI=1S/C16H25N3O/c1-3-15-18-13-8-5-6-9-14(13)19(15)11-7-10-16(20,4-2)12-17/h5-6,8-9,20H,3-4,7,10-12,17H2,1-2H3. The highest BCUT2D eigenvalue weighted by atomic mass is 16.3. The van der Waals surface area contributed by atoms with Crippen LogP contribution in [-0.4, -0.2) is 26.8 Å². The molecule has 1 atom stereocenters. The summed E-state index contributed by atoms with van der Waals surface area (Å²) in [6.07, 6.45) is 3.27. The summed E-state index contributed by atoms with van der Waals surface area (Å²) < 4.78 is 2.27. The third-order valence-electron chi connectivity index (χ3n) is 4.11. The predicted octanol–water partition coefficient (Wildman–Crippen LogP) is 2.48. The molecule has 1 aromatic carbocycles. The van der Waals surface area contributed by atoms with Gasteiger partial charge < -0.3 is 15.4 Å². The van der Waals surface area contributed by atoms with Crippen molar-refractivity contribution in [2.24, 2.45) is 5.73 Å². The molecule has 0 aliphatic heterocycles. The first kappa shape index (κ1) is 15.0. The van der Waals surface area contributed by atoms with Crippen molar-refractivity contribution in [1.29, 1.82) is 0 Å². The van der Waals surface area contributed by atoms with Crippen LogP contribution in [0.15, 0.2) is 24.3 Å². The molecule has 0 radical (unpaired) electrons. The molecule has 2 rings (SSSR count). The lowest BCUT2D eigenvalue weighted by Gasteiger charge is -2.25. The Morgan fingerprint density at radius 3 is 2.70 bits per heavy atom. The first-order chi connectivity index (χ1) is 9.63. The van der Waals surface area contributed by atoms with E-state index < -0.39 is 5.60 Å². The van der Waals surface area contributed by atoms with E-state index in [4.69, 9.17) is 5.73 Å². The molecule has 1 aromatic heterocycles. The zero-order valence-corrected chi connectivity index (χ0v) is 12.5. The van der Waals surface area contributed by atoms with Crippen LogP contribution in [0.2, 0.25) is 0 Å². The number of aromatic nitrogens is 2. The number of imidazole rings is 1. The fourth-order valence-corrected chi connectivity index (χ4v) is 2.63. The van der Waals surface area contributed by atoms with E-state index in [0.29, 0.717) is 13.0 Å². The van der Waals surface area contributed by atoms with Gasteiger partial charge in [0.15, 0.2) is 0 Å². The molecule has 0 fully saturated rings. The molecule has 0 bridgehead atoms. The van der Waals surface area contributed by atoms with Crippen molar-refractivity contribution in [2.45, 2.75) is 51.7 Å². The molecule has 20 heavy (non-hydrogen) atoms. The number of aliphatic hydroxyl groups is 1. The smallest absolute Gasteiger partial charge is 0.109 e. The predicted molar refractivity (Wildman–Crippen MR) is 82.6 cm³/mol. The van der Waals surface area contributed by atoms with E-state index in [-0.39, 0.29) is 0 Å². The van der Waals surface area contributed by atoms with Gasteiger partial charge in [-0.25, -0.2) is 4.98 Å². The van der Waals surface area contributed by atoms with Crippen molar-refractivity contribution in [3.63, 3.8) is 0 Å². The van der Waals surface area contributed by atoms with Crippen LogP contribution in [0.3, 0.4) is 0 Å². The van der Waals surface area contributed by atoms with E-state index in [1.807, 2.05) is 25.1 Å². The Labute approximate surface area is 120 Å². The van der Waals surface area contributed by atoms with Crippen LogP contribution in [0.5, 0.6) is 0 Å². The fourth-order valence-electron chi connectivity index (χ4n) is 2.63. The van der Waals surface area contributed by atoms with Crippen molar-refractivity contribution >= 4 is 11.0 Å². The summed E-state index contributed by atoms with van der Waals surface area (Å²) in [4.78, 5) is 4.66. The zero-order chi connectivity index (χ0) is 14.6. The van der Waals surface area contributed by atoms with Crippen LogP contribution < -0.4 is 5.73 Å². The van der Waals surface area contributed by atoms with Gasteiger partial charge in [-0.2, -0.15) is 0 Å². The molecule has 4 heteroatoms. The second-order valence-corrected chi connectivity index (χ2v) is 5.41. The van der Waals surface area contributed by atoms with Gasteiger partial charge in [-0.3, -0.25) is 0 Å². The summed E-state index contributed by atoms with van der Waals surface area (Å²) in [5.74, 6) is 1.11. The first-order valence-corrected chi connectivity index (χ1v) is 7.50. The van der Waals surface area contributed by atoms with Gasteiger partial charge >= 0.3 is 0 Å². The minimum Gasteiger partial charge on any atom is -0.389 e. The molecule has 1 heterocycles. The lowest BCUT2D eigenvalue weighted by molar-refractivity contribution is 0.0334. The molecule has 0 saturated carbocycles. The summed E-state index contributed by atoms with van der Waals surface area (Å²) in [5, 5.41) is 10.2. The van der Waals surface area contributed by atoms with E-state index in [2.05, 4.69) is 22.5 Å². The summed E-state index contributed by atoms with van der Waals surface area (Å²) >= 11 is 0. The largest absolute Gasteiger partial charge is 0.389 e. The Morgan fingerprint density at radius 1 is 1.30 bits per heavy atom. The third-order valence-corrected chi connectivity index (χ3v) is 4.11. The Hall–Kier alpha value is -1.39. The van der Waals surface area contributed by atoms with Crippen molar-refractivity contribution in [2.75, 3.05) is 6.54 Å². The number of para-hydroxylation sites is 2. The second-order valence-electron chi connectivity index (χ2n) is 5.41. The van der Waals surface area contributed by atoms with Gasteiger partial charge in [-0.05, 0) is 31.4 Å². The number of nitrogens with two attached hydrogens (primary N) is 1. The highest BCUT2D eigenvalue weighted by Gasteiger charge is 2.22. The molecule has 0 aliphatic rings. The van der Waals surface area contributed by atoms with Crippen LogP contribution in [0.25, 0.3) is 11.0 Å². The molecule has 0 saturated heterocycles. The zero-order valence-electron chi connectivity index (χ0n) is 12.5. The van der Waals surface area contributed by atoms with Gasteiger partial charge in [-0.1, -0.05) is 26.0 Å². The number of benzene rings is 1. The molecule has 0 aliphatic carbocycles. The highest BCUT2D eigenvalue weighted by molar-refractivity contribution is 5.75. The van der Waals surface area contributed by atoms with Gasteiger partial charge in [0.2, 0.25) is 0 Å². The van der Waals surface area contributed by atoms with E-state index in [0.717, 1.165) is 37.1 Å². The lowest BCUT2D eigenvalue weighted by Crippen LogP contribution is -2.37. The number of hydrogen-bond acceptors (Lipinski definition) is 3. The summed E-state index contributed by atoms with van der Waals surface area (Å²) in [6, 6.07) is 8.22. The number of rotatable bonds is 7. The average Bonchev–Trinajstić information content (AvgIpc) is 2.85. The monoisotopic (exact) mass is 275 g/mol. The SMILES string of the molecule is CCc1nc2ccccc2n1CCCC(O)(CC)CN. The van der Waals surface area contributed by atoms with Crippen molar-refractivity contribution < 1.29 is 5.11 Å². The minimum absolute atomic E-state index is 0.328. The normalized spacial score (nSPS) is 14.6. The van der Waals surface area contributed by atoms with Crippen LogP contribution in [0.4, 0.5) is 0 Å². The maximum Gasteiger partial charge on any atom is 0.109 e. The molecular weight excluding hydrogens is 250 g/mol. The molecular formula is C16H25N3O. The lowest BCUT2D eigenvalue weighted by atomic mass is 9.95. The molecule has 3 N–H and O–H groups in total. The van der Waals surface area contributed by atoms with E-state index in [1.54, 1.807) is 0 Å². The summed E-state index contributed by atoms with van der Waals surface area (Å²) in [7, 11) is 0. The van der Waals surface area contributed by atoms with Crippen LogP contribution >= 0.6 is 0 Å². The van der Waals surface area contributed by atoms with Gasteiger partial charge in [-0.15, -0.1) is 0 Å². The minimum atomic E-state index is -0.719. The Kier molecular flexibility index (Phi) is 4.78. The number of hydrogen-bond donors (Lipinski definition) is 2. The van der Waals surface area contributed by atoms with Gasteiger partial charge in [0.25, 0.3) is 0 Å². The number of aryl methyl sites for hydroxylation is 2. The third kappa shape index (κ3) is 3.02. The summed E-state index contributed by atoms with van der Waals surface area (Å²) in [5.41, 5.74) is 7.16. The molecule has 1 unspecified atom stereocenters. The quantitative estimate of drug-likeness (QED) is 0.816. The van der Waals surface area contributed by atoms with E-state index in [9.17, 15) is 5.11 Å². The molecule has 110 valence electrons. The van der Waals surface area contributed by atoms with Crippen LogP contribution in [0.1, 0.15) is 38.9 Å². The Morgan fingerprint density at radius 2 is 2.05 bits per heavy atom. The maximum absolute atomic E-state index is 10.2. The number of fused-ring (bicyclic) bond motifs is 1. The van der Waals surface area contributed by atoms with Gasteiger partial charge in [0, 0.05) is 19.5 Å². The van der Waals surface area contributed by atoms with Crippen molar-refractivity contribution in [1.82, 2.24) is 9.55 Å².